The molecule has 0 bridgehead atoms. The van der Waals surface area contributed by atoms with Gasteiger partial charge < -0.3 is 9.47 Å². The average molecular weight is 368 g/mol. The Bertz CT molecular complexity index is 946. The highest BCUT2D eigenvalue weighted by atomic mass is 19.1. The fraction of sp³-hybridized carbons (Fsp3) is 0.455. The van der Waals surface area contributed by atoms with Gasteiger partial charge in [0.25, 0.3) is 11.5 Å². The maximum absolute atomic E-state index is 13.8. The molecule has 2 heterocycles. The van der Waals surface area contributed by atoms with Crippen LogP contribution in [0.3, 0.4) is 0 Å². The Hall–Kier alpha value is -2.43. The number of likely N-dealkylation sites (tertiary alicyclic amines) is 1. The zero-order chi connectivity index (χ0) is 19.1. The van der Waals surface area contributed by atoms with Crippen molar-refractivity contribution in [1.82, 2.24) is 9.47 Å². The van der Waals surface area contributed by atoms with Gasteiger partial charge in [0, 0.05) is 25.3 Å². The summed E-state index contributed by atoms with van der Waals surface area (Å²) in [5.74, 6) is -0.0465. The van der Waals surface area contributed by atoms with E-state index >= 15 is 0 Å². The van der Waals surface area contributed by atoms with Gasteiger partial charge in [0.05, 0.1) is 0 Å². The number of aromatic nitrogens is 1. The van der Waals surface area contributed by atoms with Crippen molar-refractivity contribution in [2.75, 3.05) is 13.1 Å². The van der Waals surface area contributed by atoms with Gasteiger partial charge in [-0.25, -0.2) is 4.39 Å². The lowest BCUT2D eigenvalue weighted by Crippen LogP contribution is -2.36. The van der Waals surface area contributed by atoms with Gasteiger partial charge in [-0.15, -0.1) is 0 Å². The van der Waals surface area contributed by atoms with E-state index in [0.29, 0.717) is 30.1 Å². The van der Waals surface area contributed by atoms with Gasteiger partial charge in [0.15, 0.2) is 0 Å². The number of aryl methyl sites for hydroxylation is 2. The molecule has 0 radical (unpaired) electrons. The summed E-state index contributed by atoms with van der Waals surface area (Å²) < 4.78 is 15.5. The molecule has 4 rings (SSSR count). The fourth-order valence-electron chi connectivity index (χ4n) is 3.98. The van der Waals surface area contributed by atoms with Crippen LogP contribution in [0.15, 0.2) is 35.3 Å². The summed E-state index contributed by atoms with van der Waals surface area (Å²) in [5, 5.41) is 0. The molecule has 1 aliphatic heterocycles. The zero-order valence-corrected chi connectivity index (χ0v) is 15.9. The van der Waals surface area contributed by atoms with E-state index in [1.165, 1.54) is 0 Å². The van der Waals surface area contributed by atoms with Crippen molar-refractivity contribution in [2.45, 2.75) is 45.6 Å². The van der Waals surface area contributed by atoms with Crippen LogP contribution < -0.4 is 5.56 Å². The van der Waals surface area contributed by atoms with Crippen LogP contribution >= 0.6 is 0 Å². The van der Waals surface area contributed by atoms with E-state index in [-0.39, 0.29) is 23.3 Å². The van der Waals surface area contributed by atoms with Crippen molar-refractivity contribution >= 4 is 5.91 Å². The molecule has 2 aliphatic rings. The molecule has 1 unspecified atom stereocenters. The Morgan fingerprint density at radius 1 is 1.15 bits per heavy atom. The molecular formula is C22H25FN2O2. The van der Waals surface area contributed by atoms with E-state index in [2.05, 4.69) is 0 Å². The molecule has 142 valence electrons. The van der Waals surface area contributed by atoms with Gasteiger partial charge in [0.1, 0.15) is 11.4 Å². The zero-order valence-electron chi connectivity index (χ0n) is 15.9. The second-order valence-electron chi connectivity index (χ2n) is 8.01. The standard InChI is InChI=1S/C22H25FN2O2/c1-14-3-4-16(12-19(14)23)11-17-8-9-24(13-17)21(26)20-15(2)7-10-25(22(20)27)18-5-6-18/h3-4,7,10,12,17-18H,5-6,8-9,11,13H2,1-2H3. The summed E-state index contributed by atoms with van der Waals surface area (Å²) in [5.41, 5.74) is 2.50. The minimum absolute atomic E-state index is 0.161. The lowest BCUT2D eigenvalue weighted by atomic mass is 9.98. The van der Waals surface area contributed by atoms with E-state index in [9.17, 15) is 14.0 Å². The normalized spacial score (nSPS) is 19.5. The minimum Gasteiger partial charge on any atom is -0.338 e. The molecule has 1 aromatic carbocycles. The van der Waals surface area contributed by atoms with Crippen molar-refractivity contribution in [3.8, 4) is 0 Å². The number of pyridine rings is 1. The van der Waals surface area contributed by atoms with Gasteiger partial charge in [-0.1, -0.05) is 12.1 Å². The largest absolute Gasteiger partial charge is 0.338 e. The van der Waals surface area contributed by atoms with E-state index in [1.54, 1.807) is 28.5 Å². The number of hydrogen-bond acceptors (Lipinski definition) is 2. The molecule has 2 fully saturated rings. The molecule has 5 heteroatoms. The smallest absolute Gasteiger partial charge is 0.263 e. The second-order valence-corrected chi connectivity index (χ2v) is 8.01. The number of carbonyl (C=O) groups excluding carboxylic acids is 1. The van der Waals surface area contributed by atoms with Crippen LogP contribution in [0.25, 0.3) is 0 Å². The van der Waals surface area contributed by atoms with Crippen molar-refractivity contribution in [1.29, 1.82) is 0 Å². The first kappa shape index (κ1) is 18.0. The van der Waals surface area contributed by atoms with Gasteiger partial charge in [-0.3, -0.25) is 9.59 Å². The predicted octanol–water partition coefficient (Wildman–Crippen LogP) is 3.64. The third-order valence-electron chi connectivity index (χ3n) is 5.82. The first-order chi connectivity index (χ1) is 12.9. The molecule has 0 N–H and O–H groups in total. The van der Waals surface area contributed by atoms with Gasteiger partial charge in [-0.05, 0) is 74.3 Å². The fourth-order valence-corrected chi connectivity index (χ4v) is 3.98. The molecule has 4 nitrogen and oxygen atoms in total. The third-order valence-corrected chi connectivity index (χ3v) is 5.82. The summed E-state index contributed by atoms with van der Waals surface area (Å²) in [6.07, 6.45) is 5.46. The SMILES string of the molecule is Cc1ccc(CC2CCN(C(=O)c3c(C)ccn(C4CC4)c3=O)C2)cc1F. The Morgan fingerprint density at radius 2 is 1.93 bits per heavy atom. The van der Waals surface area contributed by atoms with E-state index in [1.807, 2.05) is 25.3 Å². The van der Waals surface area contributed by atoms with Gasteiger partial charge in [0.2, 0.25) is 0 Å². The molecule has 27 heavy (non-hydrogen) atoms. The number of rotatable bonds is 4. The van der Waals surface area contributed by atoms with E-state index < -0.39 is 0 Å². The number of carbonyl (C=O) groups is 1. The molecule has 1 atom stereocenters. The van der Waals surface area contributed by atoms with Crippen LogP contribution in [0.5, 0.6) is 0 Å². The van der Waals surface area contributed by atoms with E-state index in [4.69, 9.17) is 0 Å². The summed E-state index contributed by atoms with van der Waals surface area (Å²) in [6.45, 7) is 4.85. The topological polar surface area (TPSA) is 42.3 Å². The number of hydrogen-bond donors (Lipinski definition) is 0. The molecular weight excluding hydrogens is 343 g/mol. The highest BCUT2D eigenvalue weighted by Gasteiger charge is 2.31. The molecule has 1 aliphatic carbocycles. The third kappa shape index (κ3) is 3.55. The van der Waals surface area contributed by atoms with Crippen LogP contribution in [-0.4, -0.2) is 28.5 Å². The maximum atomic E-state index is 13.8. The first-order valence-corrected chi connectivity index (χ1v) is 9.70. The van der Waals surface area contributed by atoms with Crippen molar-refractivity contribution < 1.29 is 9.18 Å². The summed E-state index contributed by atoms with van der Waals surface area (Å²) in [6, 6.07) is 7.48. The molecule has 2 aromatic rings. The summed E-state index contributed by atoms with van der Waals surface area (Å²) in [7, 11) is 0. The highest BCUT2D eigenvalue weighted by Crippen LogP contribution is 2.33. The molecule has 1 saturated carbocycles. The van der Waals surface area contributed by atoms with Crippen LogP contribution in [0.4, 0.5) is 4.39 Å². The van der Waals surface area contributed by atoms with Crippen LogP contribution in [0.1, 0.15) is 52.4 Å². The summed E-state index contributed by atoms with van der Waals surface area (Å²) >= 11 is 0. The molecule has 1 aromatic heterocycles. The maximum Gasteiger partial charge on any atom is 0.263 e. The number of halogens is 1. The highest BCUT2D eigenvalue weighted by molar-refractivity contribution is 5.95. The first-order valence-electron chi connectivity index (χ1n) is 9.70. The van der Waals surface area contributed by atoms with Crippen molar-refractivity contribution in [3.63, 3.8) is 0 Å². The molecule has 1 saturated heterocycles. The average Bonchev–Trinajstić information content (AvgIpc) is 3.36. The van der Waals surface area contributed by atoms with Crippen LogP contribution in [-0.2, 0) is 6.42 Å². The van der Waals surface area contributed by atoms with Crippen molar-refractivity contribution in [3.05, 3.63) is 68.9 Å². The Labute approximate surface area is 158 Å². The molecule has 0 spiro atoms. The number of benzene rings is 1. The van der Waals surface area contributed by atoms with Crippen LogP contribution in [0.2, 0.25) is 0 Å². The van der Waals surface area contributed by atoms with E-state index in [0.717, 1.165) is 36.8 Å². The Morgan fingerprint density at radius 3 is 2.63 bits per heavy atom. The number of nitrogens with zero attached hydrogens (tertiary/aromatic N) is 2. The number of amides is 1. The lowest BCUT2D eigenvalue weighted by Gasteiger charge is -2.18. The van der Waals surface area contributed by atoms with Gasteiger partial charge in [-0.2, -0.15) is 0 Å². The second kappa shape index (κ2) is 6.95. The Kier molecular flexibility index (Phi) is 4.62. The van der Waals surface area contributed by atoms with Gasteiger partial charge >= 0.3 is 0 Å². The monoisotopic (exact) mass is 368 g/mol. The van der Waals surface area contributed by atoms with Crippen molar-refractivity contribution in [2.24, 2.45) is 5.92 Å². The predicted molar refractivity (Wildman–Crippen MR) is 103 cm³/mol. The quantitative estimate of drug-likeness (QED) is 0.827. The van der Waals surface area contributed by atoms with Crippen LogP contribution in [0, 0.1) is 25.6 Å². The Balaban J connectivity index is 1.49. The minimum atomic E-state index is -0.182. The lowest BCUT2D eigenvalue weighted by molar-refractivity contribution is 0.0784. The summed E-state index contributed by atoms with van der Waals surface area (Å²) in [4.78, 5) is 27.6. The molecule has 1 amide bonds.